The van der Waals surface area contributed by atoms with E-state index in [1.54, 1.807) is 82.9 Å². The Morgan fingerprint density at radius 1 is 0.868 bits per heavy atom. The molecular formula is C34H50N8O9S2. The lowest BCUT2D eigenvalue weighted by atomic mass is 10.2. The van der Waals surface area contributed by atoms with Gasteiger partial charge in [-0.3, -0.25) is 19.5 Å². The second-order valence-electron chi connectivity index (χ2n) is 10.2. The quantitative estimate of drug-likeness (QED) is 0.103. The van der Waals surface area contributed by atoms with Crippen molar-refractivity contribution >= 4 is 40.5 Å². The molecule has 0 aromatic carbocycles. The van der Waals surface area contributed by atoms with Crippen molar-refractivity contribution in [3.63, 3.8) is 0 Å². The first kappa shape index (κ1) is 49.2. The van der Waals surface area contributed by atoms with E-state index < -0.39 is 0 Å². The first-order chi connectivity index (χ1) is 24.8. The van der Waals surface area contributed by atoms with E-state index in [9.17, 15) is 14.4 Å². The highest BCUT2D eigenvalue weighted by atomic mass is 32.1. The minimum Gasteiger partial charge on any atom is -0.507 e. The molecule has 0 atom stereocenters. The van der Waals surface area contributed by atoms with Crippen LogP contribution < -0.4 is 21.5 Å². The molecule has 0 bridgehead atoms. The number of thiophene rings is 1. The number of nitrogens with one attached hydrogen (secondary N) is 4. The number of aliphatic imine (C=N–C) groups is 1. The van der Waals surface area contributed by atoms with Crippen molar-refractivity contribution in [3.8, 4) is 17.2 Å². The Hall–Kier alpha value is -5.95. The summed E-state index contributed by atoms with van der Waals surface area (Å²) in [7, 11) is 3.20. The van der Waals surface area contributed by atoms with Gasteiger partial charge in [-0.2, -0.15) is 14.5 Å². The second-order valence-corrected chi connectivity index (χ2v) is 11.9. The number of amidine groups is 1. The molecule has 5 aromatic heterocycles. The molecule has 6 rings (SSSR count). The van der Waals surface area contributed by atoms with Crippen molar-refractivity contribution in [1.29, 1.82) is 0 Å². The van der Waals surface area contributed by atoms with Crippen LogP contribution in [-0.2, 0) is 14.4 Å². The lowest BCUT2D eigenvalue weighted by molar-refractivity contribution is -0.119. The van der Waals surface area contributed by atoms with Gasteiger partial charge in [-0.05, 0) is 72.6 Å². The first-order valence-corrected chi connectivity index (χ1v) is 17.0. The smallest absolute Gasteiger partial charge is 0.240 e. The van der Waals surface area contributed by atoms with Crippen molar-refractivity contribution in [2.45, 2.75) is 62.3 Å². The number of hydroxylamine groups is 1. The van der Waals surface area contributed by atoms with Gasteiger partial charge in [0.25, 0.3) is 0 Å². The second kappa shape index (κ2) is 28.7. The van der Waals surface area contributed by atoms with Gasteiger partial charge in [0.15, 0.2) is 11.2 Å². The fraction of sp³-hybridized carbons (Fsp3) is 0.324. The largest absolute Gasteiger partial charge is 0.507 e. The number of aromatic hydroxyl groups is 3. The minimum absolute atomic E-state index is 0.00463. The molecule has 1 aliphatic rings. The van der Waals surface area contributed by atoms with Crippen LogP contribution in [0.3, 0.4) is 0 Å². The molecule has 0 saturated heterocycles. The zero-order chi connectivity index (χ0) is 40.9. The Kier molecular flexibility index (Phi) is 26.6. The summed E-state index contributed by atoms with van der Waals surface area (Å²) >= 11 is 2.82. The van der Waals surface area contributed by atoms with E-state index in [0.29, 0.717) is 34.2 Å². The van der Waals surface area contributed by atoms with E-state index in [0.717, 1.165) is 22.3 Å². The zero-order valence-electron chi connectivity index (χ0n) is 31.7. The highest BCUT2D eigenvalue weighted by molar-refractivity contribution is 7.10. The summed E-state index contributed by atoms with van der Waals surface area (Å²) in [5.41, 5.74) is 4.63. The van der Waals surface area contributed by atoms with Gasteiger partial charge >= 0.3 is 0 Å². The monoisotopic (exact) mass is 778 g/mol. The molecule has 19 heteroatoms. The number of furan rings is 1. The van der Waals surface area contributed by atoms with Crippen LogP contribution in [0.2, 0.25) is 0 Å². The van der Waals surface area contributed by atoms with Gasteiger partial charge in [-0.1, -0.05) is 0 Å². The Labute approximate surface area is 316 Å². The topological polar surface area (TPSA) is 250 Å². The molecule has 292 valence electrons. The standard InChI is InChI=1S/C7H8O2.C5H6O2.C5H6OS.C4H6N2O.C4H5NOS.C3H5N3.2C3H7NO/c1-5-3-9-4-6(2)7(5)8;2*1-4-2-5(6)3-7-4;1-3-5-4(2)7-6-3;1-3-4(6)2-7-5-3;1-3-4-2-5-6-3;2*1-3(5)4-2/h3-4H,1-2H3;2*2-3,6H,1H3;2H2,1H3,(H,5,6);2,6H,1H3;2H,1H3,(H,4,5,6);2*1-2H3,(H,4,5). The predicted octanol–water partition coefficient (Wildman–Crippen LogP) is 5.50. The number of carbonyl (C=O) groups excluding carboxylic acids is 2. The maximum Gasteiger partial charge on any atom is 0.240 e. The molecule has 0 radical (unpaired) electrons. The van der Waals surface area contributed by atoms with Gasteiger partial charge in [0.05, 0.1) is 23.6 Å². The number of aromatic amines is 1. The van der Waals surface area contributed by atoms with Crippen molar-refractivity contribution < 1.29 is 38.6 Å². The van der Waals surface area contributed by atoms with Gasteiger partial charge in [-0.25, -0.2) is 10.5 Å². The van der Waals surface area contributed by atoms with E-state index in [-0.39, 0.29) is 23.0 Å². The molecule has 53 heavy (non-hydrogen) atoms. The van der Waals surface area contributed by atoms with Crippen LogP contribution in [0.25, 0.3) is 0 Å². The lowest BCUT2D eigenvalue weighted by Gasteiger charge is -1.89. The third-order valence-electron chi connectivity index (χ3n) is 5.21. The van der Waals surface area contributed by atoms with Crippen molar-refractivity contribution in [1.82, 2.24) is 35.7 Å². The fourth-order valence-electron chi connectivity index (χ4n) is 2.43. The maximum absolute atomic E-state index is 10.9. The maximum atomic E-state index is 10.9. The Morgan fingerprint density at radius 2 is 1.43 bits per heavy atom. The number of nitrogens with zero attached hydrogens (tertiary/aromatic N) is 4. The number of H-pyrrole nitrogens is 1. The number of hydrogen-bond donors (Lipinski definition) is 7. The van der Waals surface area contributed by atoms with E-state index in [2.05, 4.69) is 52.1 Å². The summed E-state index contributed by atoms with van der Waals surface area (Å²) in [5, 5.41) is 40.3. The number of rotatable bonds is 0. The lowest BCUT2D eigenvalue weighted by Crippen LogP contribution is -2.11. The molecule has 0 unspecified atom stereocenters. The van der Waals surface area contributed by atoms with Crippen LogP contribution >= 0.6 is 22.9 Å². The Balaban J connectivity index is 0. The fourth-order valence-corrected chi connectivity index (χ4v) is 3.57. The van der Waals surface area contributed by atoms with Crippen LogP contribution in [0.4, 0.5) is 0 Å². The zero-order valence-corrected chi connectivity index (χ0v) is 33.4. The van der Waals surface area contributed by atoms with Crippen molar-refractivity contribution in [2.75, 3.05) is 14.1 Å². The first-order valence-electron chi connectivity index (χ1n) is 15.3. The van der Waals surface area contributed by atoms with Gasteiger partial charge < -0.3 is 39.6 Å². The summed E-state index contributed by atoms with van der Waals surface area (Å²) in [4.78, 5) is 43.6. The Bertz CT molecular complexity index is 1700. The van der Waals surface area contributed by atoms with E-state index in [1.807, 2.05) is 13.8 Å². The van der Waals surface area contributed by atoms with Crippen LogP contribution in [0.15, 0.2) is 79.1 Å². The van der Waals surface area contributed by atoms with Gasteiger partial charge in [0.1, 0.15) is 41.5 Å². The molecule has 5 aromatic rings. The van der Waals surface area contributed by atoms with Crippen LogP contribution in [0.5, 0.6) is 17.2 Å². The Morgan fingerprint density at radius 3 is 1.58 bits per heavy atom. The van der Waals surface area contributed by atoms with Gasteiger partial charge in [0, 0.05) is 55.4 Å². The average Bonchev–Trinajstić information content (AvgIpc) is 3.96. The number of carbonyl (C=O) groups is 2. The highest BCUT2D eigenvalue weighted by Gasteiger charge is 2.01. The van der Waals surface area contributed by atoms with Gasteiger partial charge in [0.2, 0.25) is 17.7 Å². The molecular weight excluding hydrogens is 729 g/mol. The number of aryl methyl sites for hydroxylation is 6. The molecule has 1 aliphatic heterocycles. The average molecular weight is 779 g/mol. The number of aromatic nitrogens is 4. The molecule has 0 spiro atoms. The molecule has 7 N–H and O–H groups in total. The number of amides is 2. The summed E-state index contributed by atoms with van der Waals surface area (Å²) < 4.78 is 13.3. The SMILES string of the molecule is C=C1N=C(C)NO1.CNC(C)=O.CNC(C)=O.Cc1cc(O)co1.Cc1cc(O)cs1.Cc1cocc(C)c1=O.Cc1ncn[nH]1.Cc1nscc1O. The summed E-state index contributed by atoms with van der Waals surface area (Å²) in [6.07, 6.45) is 5.69. The van der Waals surface area contributed by atoms with Crippen LogP contribution in [0, 0.1) is 41.5 Å². The predicted molar refractivity (Wildman–Crippen MR) is 206 cm³/mol. The highest BCUT2D eigenvalue weighted by Crippen LogP contribution is 2.17. The summed E-state index contributed by atoms with van der Waals surface area (Å²) in [5.74, 6) is 3.65. The minimum atomic E-state index is 0.00463. The molecule has 0 fully saturated rings. The van der Waals surface area contributed by atoms with Crippen LogP contribution in [0.1, 0.15) is 54.1 Å². The van der Waals surface area contributed by atoms with E-state index >= 15 is 0 Å². The van der Waals surface area contributed by atoms with E-state index in [4.69, 9.17) is 24.2 Å². The third-order valence-corrected chi connectivity index (χ3v) is 6.77. The summed E-state index contributed by atoms with van der Waals surface area (Å²) in [6.45, 7) is 19.0. The molecule has 17 nitrogen and oxygen atoms in total. The number of hydrogen-bond acceptors (Lipinski definition) is 16. The molecule has 0 saturated carbocycles. The van der Waals surface area contributed by atoms with Crippen molar-refractivity contribution in [3.05, 3.63) is 104 Å². The molecule has 2 amide bonds. The van der Waals surface area contributed by atoms with Crippen molar-refractivity contribution in [2.24, 2.45) is 4.99 Å². The summed E-state index contributed by atoms with van der Waals surface area (Å²) in [6, 6.07) is 3.30. The molecule has 6 heterocycles. The van der Waals surface area contributed by atoms with Crippen LogP contribution in [-0.4, -0.2) is 66.6 Å². The normalized spacial score (nSPS) is 9.94. The molecule has 0 aliphatic carbocycles. The van der Waals surface area contributed by atoms with Gasteiger partial charge in [-0.15, -0.1) is 11.3 Å². The van der Waals surface area contributed by atoms with E-state index in [1.165, 1.54) is 50.5 Å². The third kappa shape index (κ3) is 28.4.